The van der Waals surface area contributed by atoms with E-state index in [1.807, 2.05) is 24.3 Å². The van der Waals surface area contributed by atoms with Crippen molar-refractivity contribution in [1.82, 2.24) is 4.57 Å². The molecule has 0 saturated heterocycles. The highest BCUT2D eigenvalue weighted by atomic mass is 32.1. The van der Waals surface area contributed by atoms with Gasteiger partial charge in [0.25, 0.3) is 0 Å². The zero-order valence-electron chi connectivity index (χ0n) is 15.7. The molecule has 5 heteroatoms. The average Bonchev–Trinajstić information content (AvgIpc) is 3.50. The van der Waals surface area contributed by atoms with Gasteiger partial charge >= 0.3 is 0 Å². The second kappa shape index (κ2) is 7.35. The fourth-order valence-corrected chi connectivity index (χ4v) is 5.41. The van der Waals surface area contributed by atoms with Gasteiger partial charge in [-0.2, -0.15) is 0 Å². The zero-order chi connectivity index (χ0) is 19.8. The quantitative estimate of drug-likeness (QED) is 0.292. The number of aldehydes is 1. The summed E-state index contributed by atoms with van der Waals surface area (Å²) in [5, 5.41) is 1.25. The van der Waals surface area contributed by atoms with Crippen molar-refractivity contribution in [3.8, 4) is 32.6 Å². The number of benzene rings is 2. The molecule has 29 heavy (non-hydrogen) atoms. The maximum Gasteiger partial charge on any atom is 0.160 e. The van der Waals surface area contributed by atoms with E-state index in [-0.39, 0.29) is 0 Å². The van der Waals surface area contributed by atoms with Crippen LogP contribution in [0.5, 0.6) is 5.75 Å². The van der Waals surface area contributed by atoms with Gasteiger partial charge in [0.15, 0.2) is 6.29 Å². The third-order valence-corrected chi connectivity index (χ3v) is 7.06. The molecule has 0 aliphatic carbocycles. The Bertz CT molecular complexity index is 1280. The summed E-state index contributed by atoms with van der Waals surface area (Å²) in [5.74, 6) is 0.824. The van der Waals surface area contributed by atoms with Crippen LogP contribution in [0.4, 0.5) is 0 Å². The van der Waals surface area contributed by atoms with Crippen LogP contribution in [0.25, 0.3) is 36.9 Å². The lowest BCUT2D eigenvalue weighted by Crippen LogP contribution is -1.98. The van der Waals surface area contributed by atoms with Crippen molar-refractivity contribution in [2.75, 3.05) is 7.11 Å². The lowest BCUT2D eigenvalue weighted by molar-refractivity contribution is 0.112. The molecule has 0 radical (unpaired) electrons. The molecule has 0 spiro atoms. The number of nitrogens with zero attached hydrogens (tertiary/aromatic N) is 1. The van der Waals surface area contributed by atoms with E-state index in [0.717, 1.165) is 38.9 Å². The van der Waals surface area contributed by atoms with E-state index in [1.165, 1.54) is 26.3 Å². The molecule has 0 atom stereocenters. The van der Waals surface area contributed by atoms with Gasteiger partial charge in [-0.3, -0.25) is 4.79 Å². The molecule has 142 valence electrons. The minimum Gasteiger partial charge on any atom is -0.497 e. The lowest BCUT2D eigenvalue weighted by Gasteiger charge is -2.13. The summed E-state index contributed by atoms with van der Waals surface area (Å²) < 4.78 is 8.85. The number of ether oxygens (including phenoxy) is 1. The second-order valence-electron chi connectivity index (χ2n) is 6.61. The predicted octanol–water partition coefficient (Wildman–Crippen LogP) is 6.91. The first-order valence-electron chi connectivity index (χ1n) is 9.17. The van der Waals surface area contributed by atoms with Crippen LogP contribution in [-0.2, 0) is 0 Å². The molecule has 2 aromatic carbocycles. The summed E-state index contributed by atoms with van der Waals surface area (Å²) in [6.07, 6.45) is 0.904. The average molecular weight is 416 g/mol. The van der Waals surface area contributed by atoms with E-state index in [1.54, 1.807) is 18.4 Å². The highest BCUT2D eigenvalue weighted by molar-refractivity contribution is 7.22. The van der Waals surface area contributed by atoms with Crippen molar-refractivity contribution in [2.45, 2.75) is 0 Å². The Morgan fingerprint density at radius 2 is 1.59 bits per heavy atom. The number of fused-ring (bicyclic) bond motifs is 1. The monoisotopic (exact) mass is 415 g/mol. The van der Waals surface area contributed by atoms with Crippen molar-refractivity contribution in [3.63, 3.8) is 0 Å². The Morgan fingerprint density at radius 3 is 2.28 bits per heavy atom. The molecule has 0 aliphatic heterocycles. The Balaban J connectivity index is 1.72. The van der Waals surface area contributed by atoms with Gasteiger partial charge in [0.1, 0.15) is 5.75 Å². The molecule has 3 aromatic heterocycles. The largest absolute Gasteiger partial charge is 0.497 e. The first-order chi connectivity index (χ1) is 14.3. The molecule has 0 aliphatic rings. The molecule has 5 aromatic rings. The van der Waals surface area contributed by atoms with Gasteiger partial charge in [-0.05, 0) is 66.0 Å². The van der Waals surface area contributed by atoms with Gasteiger partial charge in [0.2, 0.25) is 0 Å². The van der Waals surface area contributed by atoms with Crippen LogP contribution >= 0.6 is 22.7 Å². The number of thiophene rings is 2. The third-order valence-electron chi connectivity index (χ3n) is 4.88. The summed E-state index contributed by atoms with van der Waals surface area (Å²) in [5.41, 5.74) is 3.26. The van der Waals surface area contributed by atoms with Crippen LogP contribution in [0.1, 0.15) is 9.67 Å². The molecule has 5 rings (SSSR count). The van der Waals surface area contributed by atoms with E-state index in [2.05, 4.69) is 59.2 Å². The molecule has 0 N–H and O–H groups in total. The molecular weight excluding hydrogens is 398 g/mol. The minimum atomic E-state index is 0.728. The van der Waals surface area contributed by atoms with Crippen LogP contribution < -0.4 is 4.74 Å². The van der Waals surface area contributed by atoms with Gasteiger partial charge in [0.05, 0.1) is 33.1 Å². The first kappa shape index (κ1) is 17.9. The molecule has 0 unspecified atom stereocenters. The SMILES string of the molecule is COc1ccc(-n2c(-c3ccc(C=O)s3)ccc2-c2cc3ccccc3s2)cc1. The number of aromatic nitrogens is 1. The van der Waals surface area contributed by atoms with Crippen LogP contribution in [-0.4, -0.2) is 18.0 Å². The summed E-state index contributed by atoms with van der Waals surface area (Å²) in [6.45, 7) is 0. The Hall–Kier alpha value is -3.15. The zero-order valence-corrected chi connectivity index (χ0v) is 17.3. The Labute approximate surface area is 176 Å². The third kappa shape index (κ3) is 3.18. The van der Waals surface area contributed by atoms with E-state index in [0.29, 0.717) is 0 Å². The molecule has 0 saturated carbocycles. The van der Waals surface area contributed by atoms with Gasteiger partial charge in [0, 0.05) is 10.4 Å². The second-order valence-corrected chi connectivity index (χ2v) is 8.80. The fraction of sp³-hybridized carbons (Fsp3) is 0.0417. The number of carbonyl (C=O) groups is 1. The normalized spacial score (nSPS) is 11.1. The minimum absolute atomic E-state index is 0.728. The Morgan fingerprint density at radius 1 is 0.828 bits per heavy atom. The highest BCUT2D eigenvalue weighted by Gasteiger charge is 2.17. The van der Waals surface area contributed by atoms with Gasteiger partial charge in [-0.1, -0.05) is 18.2 Å². The fourth-order valence-electron chi connectivity index (χ4n) is 3.49. The number of hydrogen-bond donors (Lipinski definition) is 0. The molecular formula is C24H17NO2S2. The molecule has 0 fully saturated rings. The van der Waals surface area contributed by atoms with Crippen molar-refractivity contribution in [1.29, 1.82) is 0 Å². The molecule has 0 amide bonds. The van der Waals surface area contributed by atoms with Crippen LogP contribution in [0.2, 0.25) is 0 Å². The van der Waals surface area contributed by atoms with Gasteiger partial charge in [-0.25, -0.2) is 0 Å². The van der Waals surface area contributed by atoms with Crippen LogP contribution in [0, 0.1) is 0 Å². The molecule has 0 bridgehead atoms. The number of methoxy groups -OCH3 is 1. The topological polar surface area (TPSA) is 31.2 Å². The number of carbonyl (C=O) groups excluding carboxylic acids is 1. The number of rotatable bonds is 5. The van der Waals surface area contributed by atoms with Crippen LogP contribution in [0.15, 0.2) is 78.9 Å². The molecule has 3 heterocycles. The first-order valence-corrected chi connectivity index (χ1v) is 10.8. The van der Waals surface area contributed by atoms with E-state index in [4.69, 9.17) is 4.74 Å². The number of hydrogen-bond acceptors (Lipinski definition) is 4. The highest BCUT2D eigenvalue weighted by Crippen LogP contribution is 2.39. The lowest BCUT2D eigenvalue weighted by atomic mass is 10.2. The maximum absolute atomic E-state index is 11.2. The van der Waals surface area contributed by atoms with Gasteiger partial charge in [-0.15, -0.1) is 22.7 Å². The van der Waals surface area contributed by atoms with E-state index < -0.39 is 0 Å². The van der Waals surface area contributed by atoms with E-state index in [9.17, 15) is 4.79 Å². The summed E-state index contributed by atoms with van der Waals surface area (Å²) >= 11 is 3.29. The molecule has 3 nitrogen and oxygen atoms in total. The van der Waals surface area contributed by atoms with Gasteiger partial charge < -0.3 is 9.30 Å². The van der Waals surface area contributed by atoms with Crippen molar-refractivity contribution >= 4 is 39.0 Å². The van der Waals surface area contributed by atoms with E-state index >= 15 is 0 Å². The summed E-state index contributed by atoms with van der Waals surface area (Å²) in [6, 6.07) is 26.9. The van der Waals surface area contributed by atoms with Crippen molar-refractivity contribution < 1.29 is 9.53 Å². The van der Waals surface area contributed by atoms with Crippen LogP contribution in [0.3, 0.4) is 0 Å². The van der Waals surface area contributed by atoms with Crippen molar-refractivity contribution in [3.05, 3.63) is 83.7 Å². The maximum atomic E-state index is 11.2. The summed E-state index contributed by atoms with van der Waals surface area (Å²) in [7, 11) is 1.67. The predicted molar refractivity (Wildman–Crippen MR) is 122 cm³/mol. The Kier molecular flexibility index (Phi) is 4.54. The summed E-state index contributed by atoms with van der Waals surface area (Å²) in [4.78, 5) is 14.2. The van der Waals surface area contributed by atoms with Crippen molar-refractivity contribution in [2.24, 2.45) is 0 Å². The standard InChI is InChI=1S/C24H17NO2S2/c1-27-18-8-6-17(7-9-18)25-20(23-13-10-19(15-26)28-23)11-12-21(25)24-14-16-4-2-3-5-22(16)29-24/h2-15H,1H3. The smallest absolute Gasteiger partial charge is 0.160 e.